The van der Waals surface area contributed by atoms with Gasteiger partial charge in [0.25, 0.3) is 0 Å². The van der Waals surface area contributed by atoms with Crippen molar-refractivity contribution >= 4 is 17.8 Å². The molecule has 4 aliphatic rings. The average Bonchev–Trinajstić information content (AvgIpc) is 3.11. The predicted octanol–water partition coefficient (Wildman–Crippen LogP) is 1.05. The van der Waals surface area contributed by atoms with Crippen LogP contribution in [0, 0.1) is 11.8 Å². The van der Waals surface area contributed by atoms with Gasteiger partial charge in [-0.15, -0.1) is 0 Å². The summed E-state index contributed by atoms with van der Waals surface area (Å²) >= 11 is 0. The third kappa shape index (κ3) is 3.31. The molecule has 4 aliphatic heterocycles. The van der Waals surface area contributed by atoms with Gasteiger partial charge in [0, 0.05) is 19.6 Å². The third-order valence-electron chi connectivity index (χ3n) is 7.16. The molecule has 8 heteroatoms. The first-order valence-corrected chi connectivity index (χ1v) is 11.4. The maximum absolute atomic E-state index is 13.9. The van der Waals surface area contributed by atoms with Gasteiger partial charge in [-0.3, -0.25) is 14.4 Å². The van der Waals surface area contributed by atoms with Crippen LogP contribution in [0.15, 0.2) is 54.6 Å². The predicted molar refractivity (Wildman–Crippen MR) is 118 cm³/mol. The molecule has 0 radical (unpaired) electrons. The Morgan fingerprint density at radius 3 is 2.61 bits per heavy atom. The highest BCUT2D eigenvalue weighted by molar-refractivity contribution is 5.99. The minimum atomic E-state index is -1.32. The maximum atomic E-state index is 13.9. The van der Waals surface area contributed by atoms with E-state index in [4.69, 9.17) is 9.47 Å². The maximum Gasteiger partial charge on any atom is 0.313 e. The molecule has 5 atom stereocenters. The lowest BCUT2D eigenvalue weighted by molar-refractivity contribution is -0.160. The van der Waals surface area contributed by atoms with Gasteiger partial charge in [0.05, 0.1) is 24.7 Å². The molecule has 174 valence electrons. The molecule has 2 saturated heterocycles. The highest BCUT2D eigenvalue weighted by Crippen LogP contribution is 2.57. The van der Waals surface area contributed by atoms with Crippen LogP contribution >= 0.6 is 0 Å². The zero-order valence-corrected chi connectivity index (χ0v) is 18.6. The highest BCUT2D eigenvalue weighted by Gasteiger charge is 2.74. The second-order valence-electron chi connectivity index (χ2n) is 9.22. The summed E-state index contributed by atoms with van der Waals surface area (Å²) in [5, 5.41) is 9.69. The number of fused-ring (bicyclic) bond motifs is 2. The molecular formula is C25H28N2O6. The van der Waals surface area contributed by atoms with Crippen LogP contribution in [0.1, 0.15) is 18.9 Å². The van der Waals surface area contributed by atoms with Crippen molar-refractivity contribution in [2.24, 2.45) is 11.8 Å². The monoisotopic (exact) mass is 452 g/mol. The first-order valence-electron chi connectivity index (χ1n) is 11.4. The summed E-state index contributed by atoms with van der Waals surface area (Å²) in [7, 11) is 0. The largest absolute Gasteiger partial charge is 0.465 e. The number of cyclic esters (lactones) is 1. The van der Waals surface area contributed by atoms with Gasteiger partial charge in [0.1, 0.15) is 17.6 Å². The van der Waals surface area contributed by atoms with E-state index < -0.39 is 35.0 Å². The Labute approximate surface area is 192 Å². The topological polar surface area (TPSA) is 96.4 Å². The molecule has 1 spiro atoms. The number of aliphatic hydroxyl groups is 1. The second-order valence-corrected chi connectivity index (χ2v) is 9.22. The average molecular weight is 453 g/mol. The van der Waals surface area contributed by atoms with Crippen LogP contribution in [0.2, 0.25) is 0 Å². The van der Waals surface area contributed by atoms with Gasteiger partial charge < -0.3 is 24.4 Å². The summed E-state index contributed by atoms with van der Waals surface area (Å²) < 4.78 is 12.0. The van der Waals surface area contributed by atoms with Gasteiger partial charge in [-0.25, -0.2) is 0 Å². The van der Waals surface area contributed by atoms with Gasteiger partial charge in [-0.1, -0.05) is 54.6 Å². The Balaban J connectivity index is 1.59. The molecule has 4 heterocycles. The van der Waals surface area contributed by atoms with Gasteiger partial charge in [0.15, 0.2) is 0 Å². The standard InChI is InChI=1S/C25H28N2O6/c1-24-10-5-6-15-32-23(31)19(24)18-21(29)27(13-14-28)20-22(30)26(12-7-11-25(18,20)33-24)16-17-8-3-2-4-9-17/h2-5,7-11,18-20,28H,6,12-16H2,1H3/t18-,19+,20?,24-,25-/m0/s1. The quantitative estimate of drug-likeness (QED) is 0.542. The number of β-amino-alcohol motifs (C(OH)–C–C–N with tert-alkyl or cyclic N) is 1. The number of benzene rings is 1. The van der Waals surface area contributed by atoms with Crippen molar-refractivity contribution < 1.29 is 29.0 Å². The fourth-order valence-corrected chi connectivity index (χ4v) is 5.83. The number of hydrogen-bond donors (Lipinski definition) is 1. The summed E-state index contributed by atoms with van der Waals surface area (Å²) in [5.41, 5.74) is -1.43. The number of amides is 2. The Morgan fingerprint density at radius 2 is 1.85 bits per heavy atom. The van der Waals surface area contributed by atoms with Crippen LogP contribution in [0.3, 0.4) is 0 Å². The molecule has 1 N–H and O–H groups in total. The molecule has 0 aromatic heterocycles. The van der Waals surface area contributed by atoms with E-state index in [1.165, 1.54) is 4.90 Å². The van der Waals surface area contributed by atoms with Crippen LogP contribution in [0.5, 0.6) is 0 Å². The van der Waals surface area contributed by atoms with Gasteiger partial charge in [-0.2, -0.15) is 0 Å². The zero-order valence-electron chi connectivity index (χ0n) is 18.6. The summed E-state index contributed by atoms with van der Waals surface area (Å²) in [6.07, 6.45) is 7.92. The highest BCUT2D eigenvalue weighted by atomic mass is 16.6. The molecule has 0 bridgehead atoms. The van der Waals surface area contributed by atoms with Crippen LogP contribution in [-0.2, 0) is 30.4 Å². The van der Waals surface area contributed by atoms with E-state index in [2.05, 4.69) is 0 Å². The first-order chi connectivity index (χ1) is 15.9. The normalized spacial score (nSPS) is 35.5. The van der Waals surface area contributed by atoms with Gasteiger partial charge in [-0.05, 0) is 18.9 Å². The summed E-state index contributed by atoms with van der Waals surface area (Å²) in [5.74, 6) is -2.92. The number of esters is 1. The Morgan fingerprint density at radius 1 is 1.06 bits per heavy atom. The van der Waals surface area contributed by atoms with Crippen molar-refractivity contribution in [1.82, 2.24) is 9.80 Å². The molecular weight excluding hydrogens is 424 g/mol. The Bertz CT molecular complexity index is 1020. The molecule has 1 aromatic carbocycles. The molecule has 0 saturated carbocycles. The minimum Gasteiger partial charge on any atom is -0.465 e. The molecule has 5 rings (SSSR count). The lowest BCUT2D eigenvalue weighted by Crippen LogP contribution is -2.56. The Hall–Kier alpha value is -2.97. The number of hydrogen-bond acceptors (Lipinski definition) is 6. The third-order valence-corrected chi connectivity index (χ3v) is 7.16. The fraction of sp³-hybridized carbons (Fsp3) is 0.480. The van der Waals surface area contributed by atoms with Crippen molar-refractivity contribution in [2.75, 3.05) is 26.3 Å². The van der Waals surface area contributed by atoms with Crippen LogP contribution in [-0.4, -0.2) is 76.2 Å². The van der Waals surface area contributed by atoms with E-state index in [-0.39, 0.29) is 31.6 Å². The lowest BCUT2D eigenvalue weighted by Gasteiger charge is -2.37. The van der Waals surface area contributed by atoms with Crippen molar-refractivity contribution in [2.45, 2.75) is 37.1 Å². The second kappa shape index (κ2) is 8.11. The van der Waals surface area contributed by atoms with E-state index in [1.54, 1.807) is 17.9 Å². The smallest absolute Gasteiger partial charge is 0.313 e. The molecule has 1 aromatic rings. The van der Waals surface area contributed by atoms with E-state index in [0.717, 1.165) is 5.56 Å². The molecule has 8 nitrogen and oxygen atoms in total. The van der Waals surface area contributed by atoms with E-state index in [9.17, 15) is 19.5 Å². The van der Waals surface area contributed by atoms with E-state index >= 15 is 0 Å². The van der Waals surface area contributed by atoms with Crippen molar-refractivity contribution in [3.63, 3.8) is 0 Å². The number of ether oxygens (including phenoxy) is 2. The van der Waals surface area contributed by atoms with Crippen molar-refractivity contribution in [3.05, 3.63) is 60.2 Å². The van der Waals surface area contributed by atoms with Crippen LogP contribution in [0.25, 0.3) is 0 Å². The van der Waals surface area contributed by atoms with Gasteiger partial charge >= 0.3 is 5.97 Å². The van der Waals surface area contributed by atoms with Gasteiger partial charge in [0.2, 0.25) is 11.8 Å². The fourth-order valence-electron chi connectivity index (χ4n) is 5.83. The number of nitrogens with zero attached hydrogens (tertiary/aromatic N) is 2. The minimum absolute atomic E-state index is 0.0157. The molecule has 2 amide bonds. The number of likely N-dealkylation sites (tertiary alicyclic amines) is 1. The first kappa shape index (κ1) is 21.9. The summed E-state index contributed by atoms with van der Waals surface area (Å²) in [6, 6.07) is 8.66. The molecule has 0 aliphatic carbocycles. The van der Waals surface area contributed by atoms with E-state index in [1.807, 2.05) is 48.6 Å². The Kier molecular flexibility index (Phi) is 5.37. The number of rotatable bonds is 4. The van der Waals surface area contributed by atoms with E-state index in [0.29, 0.717) is 19.5 Å². The summed E-state index contributed by atoms with van der Waals surface area (Å²) in [4.78, 5) is 43.8. The molecule has 33 heavy (non-hydrogen) atoms. The lowest BCUT2D eigenvalue weighted by atomic mass is 9.74. The SMILES string of the molecule is C[C@]12C=CCCOC(=O)[C@H]1[C@H]1C(=O)N(CCO)C3C(=O)N(Cc4ccccc4)CC=C[C@@]31O2. The number of carbonyl (C=O) groups excluding carboxylic acids is 3. The van der Waals surface area contributed by atoms with Crippen molar-refractivity contribution in [3.8, 4) is 0 Å². The number of carbonyl (C=O) groups is 3. The van der Waals surface area contributed by atoms with Crippen LogP contribution < -0.4 is 0 Å². The van der Waals surface area contributed by atoms with Crippen LogP contribution in [0.4, 0.5) is 0 Å². The zero-order chi connectivity index (χ0) is 23.2. The summed E-state index contributed by atoms with van der Waals surface area (Å²) in [6.45, 7) is 2.43. The number of aliphatic hydroxyl groups excluding tert-OH is 1. The molecule has 2 fully saturated rings. The molecule has 1 unspecified atom stereocenters. The van der Waals surface area contributed by atoms with Crippen molar-refractivity contribution in [1.29, 1.82) is 0 Å².